The van der Waals surface area contributed by atoms with E-state index >= 15 is 0 Å². The molecule has 0 aliphatic heterocycles. The summed E-state index contributed by atoms with van der Waals surface area (Å²) in [4.78, 5) is 14.3. The molecule has 21 heavy (non-hydrogen) atoms. The Kier molecular flexibility index (Phi) is 6.81. The molecule has 1 atom stereocenters. The minimum absolute atomic E-state index is 0.0415. The lowest BCUT2D eigenvalue weighted by Crippen LogP contribution is -2.39. The highest BCUT2D eigenvalue weighted by molar-refractivity contribution is 5.75. The van der Waals surface area contributed by atoms with E-state index in [0.29, 0.717) is 24.0 Å². The van der Waals surface area contributed by atoms with Crippen molar-refractivity contribution in [2.24, 2.45) is 11.8 Å². The summed E-state index contributed by atoms with van der Waals surface area (Å²) in [5.41, 5.74) is 0.518. The Morgan fingerprint density at radius 3 is 2.33 bits per heavy atom. The third kappa shape index (κ3) is 5.83. The molecule has 1 rings (SSSR count). The molecule has 1 N–H and O–H groups in total. The van der Waals surface area contributed by atoms with E-state index in [0.717, 1.165) is 13.1 Å². The highest BCUT2D eigenvalue weighted by atomic mass is 16.3. The van der Waals surface area contributed by atoms with Crippen molar-refractivity contribution in [1.82, 2.24) is 19.9 Å². The van der Waals surface area contributed by atoms with Gasteiger partial charge >= 0.3 is 0 Å². The second kappa shape index (κ2) is 8.12. The number of nitrogens with zero attached hydrogens (tertiary/aromatic N) is 4. The van der Waals surface area contributed by atoms with Crippen molar-refractivity contribution < 1.29 is 9.90 Å². The fourth-order valence-corrected chi connectivity index (χ4v) is 2.15. The van der Waals surface area contributed by atoms with E-state index in [1.165, 1.54) is 4.68 Å². The summed E-state index contributed by atoms with van der Waals surface area (Å²) in [7, 11) is 0. The molecule has 0 aliphatic rings. The van der Waals surface area contributed by atoms with Crippen LogP contribution in [0.15, 0.2) is 6.20 Å². The van der Waals surface area contributed by atoms with Gasteiger partial charge < -0.3 is 10.0 Å². The van der Waals surface area contributed by atoms with Crippen LogP contribution in [-0.4, -0.2) is 44.0 Å². The molecule has 1 amide bonds. The van der Waals surface area contributed by atoms with Crippen LogP contribution < -0.4 is 0 Å². The van der Waals surface area contributed by atoms with Crippen LogP contribution in [0.5, 0.6) is 0 Å². The first-order valence-corrected chi connectivity index (χ1v) is 7.69. The summed E-state index contributed by atoms with van der Waals surface area (Å²) < 4.78 is 1.50. The van der Waals surface area contributed by atoms with Crippen LogP contribution in [0.3, 0.4) is 0 Å². The Morgan fingerprint density at radius 2 is 1.86 bits per heavy atom. The van der Waals surface area contributed by atoms with Crippen molar-refractivity contribution in [1.29, 1.82) is 0 Å². The van der Waals surface area contributed by atoms with Crippen LogP contribution in [0.1, 0.15) is 52.8 Å². The minimum atomic E-state index is -0.615. The molecule has 120 valence electrons. The maximum atomic E-state index is 12.4. The van der Waals surface area contributed by atoms with E-state index in [1.54, 1.807) is 6.20 Å². The average Bonchev–Trinajstić information content (AvgIpc) is 2.84. The molecule has 6 nitrogen and oxygen atoms in total. The summed E-state index contributed by atoms with van der Waals surface area (Å²) >= 11 is 0. The van der Waals surface area contributed by atoms with Gasteiger partial charge in [-0.05, 0) is 18.3 Å². The van der Waals surface area contributed by atoms with Gasteiger partial charge in [0.15, 0.2) is 0 Å². The predicted molar refractivity (Wildman–Crippen MR) is 81.5 cm³/mol. The zero-order chi connectivity index (χ0) is 16.0. The number of hydrogen-bond donors (Lipinski definition) is 1. The van der Waals surface area contributed by atoms with Crippen molar-refractivity contribution in [3.63, 3.8) is 0 Å². The molecule has 1 aromatic rings. The molecule has 1 unspecified atom stereocenters. The number of aliphatic hydroxyl groups is 1. The Bertz CT molecular complexity index is 433. The number of aliphatic hydroxyl groups excluding tert-OH is 1. The van der Waals surface area contributed by atoms with Gasteiger partial charge in [0.2, 0.25) is 5.91 Å². The second-order valence-electron chi connectivity index (χ2n) is 6.35. The molecule has 1 heterocycles. The second-order valence-corrected chi connectivity index (χ2v) is 6.35. The highest BCUT2D eigenvalue weighted by Gasteiger charge is 2.18. The SMILES string of the molecule is CCC(O)c1cn(CC(=O)N(CC(C)C)CC(C)C)nn1. The molecule has 0 bridgehead atoms. The first-order valence-electron chi connectivity index (χ1n) is 7.69. The molecule has 0 aromatic carbocycles. The van der Waals surface area contributed by atoms with Crippen molar-refractivity contribution in [2.75, 3.05) is 13.1 Å². The van der Waals surface area contributed by atoms with Gasteiger partial charge in [0.1, 0.15) is 12.2 Å². The number of rotatable bonds is 8. The Hall–Kier alpha value is -1.43. The maximum absolute atomic E-state index is 12.4. The van der Waals surface area contributed by atoms with Crippen LogP contribution >= 0.6 is 0 Å². The molecule has 0 saturated carbocycles. The number of carbonyl (C=O) groups excluding carboxylic acids is 1. The summed E-state index contributed by atoms with van der Waals surface area (Å²) in [5.74, 6) is 0.904. The molecular weight excluding hydrogens is 268 g/mol. The lowest BCUT2D eigenvalue weighted by atomic mass is 10.1. The molecule has 0 aliphatic carbocycles. The molecule has 0 radical (unpaired) electrons. The fraction of sp³-hybridized carbons (Fsp3) is 0.800. The van der Waals surface area contributed by atoms with Gasteiger partial charge in [0, 0.05) is 13.1 Å². The molecule has 6 heteroatoms. The number of amides is 1. The van der Waals surface area contributed by atoms with E-state index in [-0.39, 0.29) is 12.5 Å². The molecule has 0 fully saturated rings. The van der Waals surface area contributed by atoms with E-state index in [9.17, 15) is 9.90 Å². The highest BCUT2D eigenvalue weighted by Crippen LogP contribution is 2.12. The standard InChI is InChI=1S/C15H28N4O2/c1-6-14(20)13-9-19(17-16-13)10-15(21)18(7-11(2)3)8-12(4)5/h9,11-12,14,20H,6-8,10H2,1-5H3. The largest absolute Gasteiger partial charge is 0.387 e. The lowest BCUT2D eigenvalue weighted by molar-refractivity contribution is -0.133. The van der Waals surface area contributed by atoms with E-state index in [2.05, 4.69) is 38.0 Å². The van der Waals surface area contributed by atoms with E-state index in [1.807, 2.05) is 11.8 Å². The fourth-order valence-electron chi connectivity index (χ4n) is 2.15. The molecule has 0 spiro atoms. The first kappa shape index (κ1) is 17.6. The number of aromatic nitrogens is 3. The third-order valence-electron chi connectivity index (χ3n) is 3.11. The predicted octanol–water partition coefficient (Wildman–Crippen LogP) is 1.86. The van der Waals surface area contributed by atoms with Crippen molar-refractivity contribution in [3.05, 3.63) is 11.9 Å². The molecule has 0 saturated heterocycles. The summed E-state index contributed by atoms with van der Waals surface area (Å²) in [6.07, 6.45) is 1.62. The van der Waals surface area contributed by atoms with Crippen LogP contribution in [0.2, 0.25) is 0 Å². The van der Waals surface area contributed by atoms with Crippen LogP contribution in [0.4, 0.5) is 0 Å². The summed E-state index contributed by atoms with van der Waals surface area (Å²) in [6, 6.07) is 0. The van der Waals surface area contributed by atoms with Gasteiger partial charge in [0.05, 0.1) is 12.3 Å². The van der Waals surface area contributed by atoms with E-state index in [4.69, 9.17) is 0 Å². The van der Waals surface area contributed by atoms with Gasteiger partial charge in [0.25, 0.3) is 0 Å². The van der Waals surface area contributed by atoms with Crippen molar-refractivity contribution in [3.8, 4) is 0 Å². The van der Waals surface area contributed by atoms with Gasteiger partial charge in [-0.25, -0.2) is 4.68 Å². The van der Waals surface area contributed by atoms with Crippen molar-refractivity contribution in [2.45, 2.75) is 53.7 Å². The van der Waals surface area contributed by atoms with Gasteiger partial charge in [-0.15, -0.1) is 5.10 Å². The third-order valence-corrected chi connectivity index (χ3v) is 3.11. The normalized spacial score (nSPS) is 13.0. The van der Waals surface area contributed by atoms with Crippen LogP contribution in [0.25, 0.3) is 0 Å². The summed E-state index contributed by atoms with van der Waals surface area (Å²) in [6.45, 7) is 12.0. The minimum Gasteiger partial charge on any atom is -0.387 e. The van der Waals surface area contributed by atoms with Crippen molar-refractivity contribution >= 4 is 5.91 Å². The number of hydrogen-bond acceptors (Lipinski definition) is 4. The molecule has 1 aromatic heterocycles. The lowest BCUT2D eigenvalue weighted by Gasteiger charge is -2.26. The quantitative estimate of drug-likeness (QED) is 0.795. The first-order chi connectivity index (χ1) is 9.83. The molecular formula is C15H28N4O2. The Morgan fingerprint density at radius 1 is 1.29 bits per heavy atom. The topological polar surface area (TPSA) is 71.2 Å². The smallest absolute Gasteiger partial charge is 0.244 e. The van der Waals surface area contributed by atoms with Gasteiger partial charge in [-0.1, -0.05) is 39.8 Å². The maximum Gasteiger partial charge on any atom is 0.244 e. The zero-order valence-electron chi connectivity index (χ0n) is 13.8. The number of carbonyl (C=O) groups is 1. The Balaban J connectivity index is 2.69. The Labute approximate surface area is 127 Å². The average molecular weight is 296 g/mol. The van der Waals surface area contributed by atoms with Gasteiger partial charge in [-0.3, -0.25) is 4.79 Å². The van der Waals surface area contributed by atoms with E-state index < -0.39 is 6.10 Å². The van der Waals surface area contributed by atoms with Crippen LogP contribution in [-0.2, 0) is 11.3 Å². The van der Waals surface area contributed by atoms with Crippen LogP contribution in [0, 0.1) is 11.8 Å². The van der Waals surface area contributed by atoms with Gasteiger partial charge in [-0.2, -0.15) is 0 Å². The monoisotopic (exact) mass is 296 g/mol. The summed E-state index contributed by atoms with van der Waals surface area (Å²) in [5, 5.41) is 17.6. The zero-order valence-corrected chi connectivity index (χ0v) is 13.8.